The summed E-state index contributed by atoms with van der Waals surface area (Å²) in [5, 5.41) is 3.99. The van der Waals surface area contributed by atoms with Crippen molar-refractivity contribution in [3.8, 4) is 11.4 Å². The van der Waals surface area contributed by atoms with E-state index in [0.717, 1.165) is 5.39 Å². The number of benzene rings is 3. The van der Waals surface area contributed by atoms with E-state index in [2.05, 4.69) is 5.32 Å². The lowest BCUT2D eigenvalue weighted by atomic mass is 10.2. The zero-order valence-corrected chi connectivity index (χ0v) is 18.5. The maximum Gasteiger partial charge on any atom is 0.302 e. The molecular weight excluding hydrogens is 438 g/mol. The van der Waals surface area contributed by atoms with E-state index in [1.54, 1.807) is 37.4 Å². The van der Waals surface area contributed by atoms with Crippen LogP contribution in [0.15, 0.2) is 93.2 Å². The summed E-state index contributed by atoms with van der Waals surface area (Å²) in [6, 6.07) is 23.7. The highest BCUT2D eigenvalue weighted by Crippen LogP contribution is 2.29. The first kappa shape index (κ1) is 20.8. The zero-order valence-electron chi connectivity index (χ0n) is 17.6. The molecule has 1 amide bonds. The van der Waals surface area contributed by atoms with Crippen LogP contribution >= 0.6 is 11.8 Å². The van der Waals surface area contributed by atoms with Crippen molar-refractivity contribution in [1.82, 2.24) is 9.55 Å². The summed E-state index contributed by atoms with van der Waals surface area (Å²) in [4.78, 5) is 30.8. The highest BCUT2D eigenvalue weighted by molar-refractivity contribution is 7.99. The minimum absolute atomic E-state index is 0.0760. The fourth-order valence-electron chi connectivity index (χ4n) is 3.54. The number of nitrogens with zero attached hydrogens (tertiary/aromatic N) is 2. The topological polar surface area (TPSA) is 86.4 Å². The van der Waals surface area contributed by atoms with Gasteiger partial charge in [0.05, 0.1) is 18.6 Å². The van der Waals surface area contributed by atoms with Crippen LogP contribution in [0, 0.1) is 0 Å². The number of amides is 1. The summed E-state index contributed by atoms with van der Waals surface area (Å²) in [5.41, 5.74) is 2.14. The van der Waals surface area contributed by atoms with Crippen LogP contribution in [0.25, 0.3) is 27.8 Å². The molecule has 1 N–H and O–H groups in total. The number of furan rings is 1. The number of aromatic nitrogens is 2. The molecule has 5 rings (SSSR count). The molecule has 8 heteroatoms. The number of nitrogens with one attached hydrogen (secondary N) is 1. The molecule has 0 saturated carbocycles. The smallest absolute Gasteiger partial charge is 0.302 e. The van der Waals surface area contributed by atoms with Gasteiger partial charge in [0.15, 0.2) is 5.16 Å². The molecule has 0 spiro atoms. The molecule has 0 aliphatic heterocycles. The van der Waals surface area contributed by atoms with Crippen molar-refractivity contribution < 1.29 is 13.9 Å². The average molecular weight is 458 g/mol. The van der Waals surface area contributed by atoms with Gasteiger partial charge in [0.1, 0.15) is 16.8 Å². The molecule has 3 aromatic carbocycles. The third-order valence-electron chi connectivity index (χ3n) is 5.07. The predicted molar refractivity (Wildman–Crippen MR) is 129 cm³/mol. The molecule has 0 aliphatic rings. The molecule has 164 valence electrons. The second kappa shape index (κ2) is 8.84. The van der Waals surface area contributed by atoms with Gasteiger partial charge in [-0.25, -0.2) is 4.98 Å². The Bertz CT molecular complexity index is 1530. The van der Waals surface area contributed by atoms with E-state index in [9.17, 15) is 9.59 Å². The molecule has 0 unspecified atom stereocenters. The molecule has 2 aromatic heterocycles. The van der Waals surface area contributed by atoms with E-state index in [-0.39, 0.29) is 22.8 Å². The van der Waals surface area contributed by atoms with Gasteiger partial charge >= 0.3 is 5.56 Å². The molecule has 5 aromatic rings. The molecule has 0 fully saturated rings. The number of para-hydroxylation sites is 2. The van der Waals surface area contributed by atoms with Gasteiger partial charge in [0.2, 0.25) is 11.5 Å². The lowest BCUT2D eigenvalue weighted by molar-refractivity contribution is -0.113. The maximum atomic E-state index is 13.5. The molecule has 7 nitrogen and oxygen atoms in total. The van der Waals surface area contributed by atoms with E-state index in [1.165, 1.54) is 16.3 Å². The Morgan fingerprint density at radius 3 is 2.67 bits per heavy atom. The van der Waals surface area contributed by atoms with Gasteiger partial charge in [-0.05, 0) is 36.4 Å². The van der Waals surface area contributed by atoms with Gasteiger partial charge < -0.3 is 14.5 Å². The molecule has 33 heavy (non-hydrogen) atoms. The van der Waals surface area contributed by atoms with Crippen LogP contribution < -0.4 is 15.6 Å². The molecular formula is C25H19N3O4S. The minimum atomic E-state index is -0.351. The van der Waals surface area contributed by atoms with Crippen molar-refractivity contribution in [3.63, 3.8) is 0 Å². The van der Waals surface area contributed by atoms with Crippen LogP contribution in [0.1, 0.15) is 0 Å². The normalized spacial score (nSPS) is 11.1. The van der Waals surface area contributed by atoms with Crippen LogP contribution in [0.5, 0.6) is 5.75 Å². The molecule has 0 bridgehead atoms. The summed E-state index contributed by atoms with van der Waals surface area (Å²) in [6.45, 7) is 0. The van der Waals surface area contributed by atoms with Crippen LogP contribution in [-0.2, 0) is 4.79 Å². The van der Waals surface area contributed by atoms with E-state index in [0.29, 0.717) is 33.4 Å². The van der Waals surface area contributed by atoms with Crippen LogP contribution in [0.4, 0.5) is 5.69 Å². The molecule has 0 radical (unpaired) electrons. The average Bonchev–Trinajstić information content (AvgIpc) is 3.22. The lowest BCUT2D eigenvalue weighted by Crippen LogP contribution is -2.22. The van der Waals surface area contributed by atoms with Crippen molar-refractivity contribution in [1.29, 1.82) is 0 Å². The number of anilines is 1. The SMILES string of the molecule is COc1cccc(-n2c(SCC(=O)Nc3ccccc3)nc3c(oc4ccccc43)c2=O)c1. The first-order valence-corrected chi connectivity index (χ1v) is 11.2. The number of ether oxygens (including phenoxy) is 1. The number of hydrogen-bond acceptors (Lipinski definition) is 6. The van der Waals surface area contributed by atoms with Crippen LogP contribution in [0.3, 0.4) is 0 Å². The quantitative estimate of drug-likeness (QED) is 0.289. The summed E-state index contributed by atoms with van der Waals surface area (Å²) >= 11 is 1.18. The Balaban J connectivity index is 1.59. The monoisotopic (exact) mass is 457 g/mol. The zero-order chi connectivity index (χ0) is 22.8. The maximum absolute atomic E-state index is 13.5. The van der Waals surface area contributed by atoms with Crippen LogP contribution in [-0.4, -0.2) is 28.3 Å². The van der Waals surface area contributed by atoms with E-state index in [1.807, 2.05) is 48.5 Å². The summed E-state index contributed by atoms with van der Waals surface area (Å²) in [7, 11) is 1.56. The van der Waals surface area contributed by atoms with Crippen molar-refractivity contribution in [2.75, 3.05) is 18.2 Å². The summed E-state index contributed by atoms with van der Waals surface area (Å²) in [6.07, 6.45) is 0. The Labute approximate surface area is 193 Å². The first-order valence-electron chi connectivity index (χ1n) is 10.2. The standard InChI is InChI=1S/C25H19N3O4S/c1-31-18-11-7-10-17(14-18)28-24(30)23-22(19-12-5-6-13-20(19)32-23)27-25(28)33-15-21(29)26-16-8-3-2-4-9-16/h2-14H,15H2,1H3,(H,26,29). The number of carbonyl (C=O) groups is 1. The number of thioether (sulfide) groups is 1. The van der Waals surface area contributed by atoms with Gasteiger partial charge in [-0.1, -0.05) is 48.2 Å². The third-order valence-corrected chi connectivity index (χ3v) is 6.01. The fourth-order valence-corrected chi connectivity index (χ4v) is 4.35. The second-order valence-electron chi connectivity index (χ2n) is 7.22. The van der Waals surface area contributed by atoms with Gasteiger partial charge in [-0.15, -0.1) is 0 Å². The van der Waals surface area contributed by atoms with E-state index in [4.69, 9.17) is 14.1 Å². The van der Waals surface area contributed by atoms with E-state index < -0.39 is 0 Å². The first-order chi connectivity index (χ1) is 16.1. The molecule has 0 aliphatic carbocycles. The Morgan fingerprint density at radius 2 is 1.85 bits per heavy atom. The molecule has 2 heterocycles. The van der Waals surface area contributed by atoms with Gasteiger partial charge in [0.25, 0.3) is 0 Å². The van der Waals surface area contributed by atoms with Crippen LogP contribution in [0.2, 0.25) is 0 Å². The molecule has 0 atom stereocenters. The summed E-state index contributed by atoms with van der Waals surface area (Å²) in [5.74, 6) is 0.476. The second-order valence-corrected chi connectivity index (χ2v) is 8.16. The Morgan fingerprint density at radius 1 is 1.06 bits per heavy atom. The lowest BCUT2D eigenvalue weighted by Gasteiger charge is -2.12. The van der Waals surface area contributed by atoms with E-state index >= 15 is 0 Å². The van der Waals surface area contributed by atoms with Crippen molar-refractivity contribution in [2.24, 2.45) is 0 Å². The number of rotatable bonds is 6. The molecule has 0 saturated heterocycles. The highest BCUT2D eigenvalue weighted by atomic mass is 32.2. The number of fused-ring (bicyclic) bond motifs is 3. The van der Waals surface area contributed by atoms with Gasteiger partial charge in [0, 0.05) is 17.1 Å². The minimum Gasteiger partial charge on any atom is -0.497 e. The summed E-state index contributed by atoms with van der Waals surface area (Å²) < 4.78 is 12.6. The van der Waals surface area contributed by atoms with Gasteiger partial charge in [-0.2, -0.15) is 0 Å². The third kappa shape index (κ3) is 4.08. The number of carbonyl (C=O) groups excluding carboxylic acids is 1. The van der Waals surface area contributed by atoms with Gasteiger partial charge in [-0.3, -0.25) is 14.2 Å². The fraction of sp³-hybridized carbons (Fsp3) is 0.0800. The highest BCUT2D eigenvalue weighted by Gasteiger charge is 2.20. The Kier molecular flexibility index (Phi) is 5.58. The van der Waals surface area contributed by atoms with Crippen molar-refractivity contribution in [2.45, 2.75) is 5.16 Å². The Hall–Kier alpha value is -4.04. The van der Waals surface area contributed by atoms with Crippen molar-refractivity contribution in [3.05, 3.63) is 89.2 Å². The predicted octanol–water partition coefficient (Wildman–Crippen LogP) is 4.87. The largest absolute Gasteiger partial charge is 0.497 e. The van der Waals surface area contributed by atoms with Crippen molar-refractivity contribution >= 4 is 45.4 Å². The number of methoxy groups -OCH3 is 1. The number of hydrogen-bond donors (Lipinski definition) is 1.